The van der Waals surface area contributed by atoms with Crippen molar-refractivity contribution in [2.45, 2.75) is 0 Å². The predicted octanol–water partition coefficient (Wildman–Crippen LogP) is 9.23. The number of furan rings is 1. The van der Waals surface area contributed by atoms with Gasteiger partial charge in [-0.3, -0.25) is 0 Å². The van der Waals surface area contributed by atoms with E-state index in [1.807, 2.05) is 84.9 Å². The molecule has 0 spiro atoms. The molecule has 0 N–H and O–H groups in total. The molecule has 0 saturated heterocycles. The van der Waals surface area contributed by atoms with Crippen LogP contribution in [0, 0.1) is 0 Å². The van der Waals surface area contributed by atoms with Crippen molar-refractivity contribution in [2.75, 3.05) is 0 Å². The Labute approximate surface area is 198 Å². The number of para-hydroxylation sites is 1. The smallest absolute Gasteiger partial charge is 0.135 e. The fourth-order valence-electron chi connectivity index (χ4n) is 4.88. The summed E-state index contributed by atoms with van der Waals surface area (Å²) in [7, 11) is 0. The van der Waals surface area contributed by atoms with E-state index in [0.717, 1.165) is 32.7 Å². The molecule has 0 amide bonds. The van der Waals surface area contributed by atoms with Crippen molar-refractivity contribution < 1.29 is 11.3 Å². The maximum Gasteiger partial charge on any atom is 0.135 e. The third-order valence-corrected chi connectivity index (χ3v) is 6.30. The van der Waals surface area contributed by atoms with Crippen LogP contribution in [0.1, 0.15) is 6.85 Å². The summed E-state index contributed by atoms with van der Waals surface area (Å²) in [6, 6.07) is 28.5. The summed E-state index contributed by atoms with van der Waals surface area (Å²) in [5.74, 6) is 0. The Kier molecular flexibility index (Phi) is 2.99. The third kappa shape index (κ3) is 2.73. The molecular weight excluding hydrogens is 400 g/mol. The van der Waals surface area contributed by atoms with Crippen LogP contribution in [0.4, 0.5) is 0 Å². The Bertz CT molecular complexity index is 2080. The normalized spacial score (nSPS) is 13.8. The zero-order valence-electron chi connectivity index (χ0n) is 22.6. The molecule has 0 unspecified atom stereocenters. The number of hydrogen-bond donors (Lipinski definition) is 0. The predicted molar refractivity (Wildman–Crippen MR) is 140 cm³/mol. The second-order valence-electron chi connectivity index (χ2n) is 8.14. The molecule has 7 aromatic rings. The van der Waals surface area contributed by atoms with E-state index in [1.54, 1.807) is 6.07 Å². The van der Waals surface area contributed by atoms with Gasteiger partial charge in [-0.25, -0.2) is 0 Å². The lowest BCUT2D eigenvalue weighted by atomic mass is 9.86. The first-order chi connectivity index (χ1) is 18.5. The van der Waals surface area contributed by atoms with E-state index in [2.05, 4.69) is 0 Å². The van der Waals surface area contributed by atoms with E-state index in [9.17, 15) is 0 Å². The van der Waals surface area contributed by atoms with E-state index < -0.39 is 0 Å². The van der Waals surface area contributed by atoms with Gasteiger partial charge < -0.3 is 4.42 Å². The van der Waals surface area contributed by atoms with E-state index >= 15 is 0 Å². The summed E-state index contributed by atoms with van der Waals surface area (Å²) in [6.45, 7) is 0. The van der Waals surface area contributed by atoms with Gasteiger partial charge in [0.1, 0.15) is 11.2 Å². The van der Waals surface area contributed by atoms with E-state index in [-0.39, 0.29) is 30.2 Å². The van der Waals surface area contributed by atoms with Gasteiger partial charge in [0.2, 0.25) is 0 Å². The lowest BCUT2D eigenvalue weighted by Crippen LogP contribution is -1.90. The molecule has 7 rings (SSSR count). The van der Waals surface area contributed by atoms with Crippen molar-refractivity contribution in [3.05, 3.63) is 121 Å². The van der Waals surface area contributed by atoms with Gasteiger partial charge in [0.15, 0.2) is 0 Å². The van der Waals surface area contributed by atoms with Crippen LogP contribution in [0.3, 0.4) is 0 Å². The molecule has 1 heterocycles. The third-order valence-electron chi connectivity index (χ3n) is 6.30. The van der Waals surface area contributed by atoms with Gasteiger partial charge >= 0.3 is 0 Å². The van der Waals surface area contributed by atoms with Gasteiger partial charge in [0, 0.05) is 10.8 Å². The number of fused-ring (bicyclic) bond motifs is 5. The van der Waals surface area contributed by atoms with Gasteiger partial charge in [-0.15, -0.1) is 0 Å². The van der Waals surface area contributed by atoms with Crippen LogP contribution in [-0.4, -0.2) is 0 Å². The maximum absolute atomic E-state index is 9.01. The molecule has 6 aromatic carbocycles. The highest BCUT2D eigenvalue weighted by Gasteiger charge is 2.17. The van der Waals surface area contributed by atoms with Crippen molar-refractivity contribution >= 4 is 43.5 Å². The largest absolute Gasteiger partial charge is 0.456 e. The quantitative estimate of drug-likeness (QED) is 0.252. The van der Waals surface area contributed by atoms with Gasteiger partial charge in [0.05, 0.1) is 6.85 Å². The SMILES string of the molecule is [2H]c1c([2H])c([2H])c2c(-c3cc([2H])c4oc5ccccc5c4c3)c3ccccc3c(-c3ccccc3)c2c1[2H]. The van der Waals surface area contributed by atoms with Crippen LogP contribution in [0.25, 0.3) is 65.7 Å². The molecule has 0 saturated carbocycles. The Morgan fingerprint density at radius 3 is 1.79 bits per heavy atom. The molecule has 33 heavy (non-hydrogen) atoms. The van der Waals surface area contributed by atoms with E-state index in [0.29, 0.717) is 33.1 Å². The summed E-state index contributed by atoms with van der Waals surface area (Å²) >= 11 is 0. The second-order valence-corrected chi connectivity index (χ2v) is 8.14. The summed E-state index contributed by atoms with van der Waals surface area (Å²) in [5, 5.41) is 4.35. The highest BCUT2D eigenvalue weighted by molar-refractivity contribution is 6.22. The minimum atomic E-state index is -0.279. The van der Waals surface area contributed by atoms with E-state index in [1.165, 1.54) is 0 Å². The number of rotatable bonds is 2. The van der Waals surface area contributed by atoms with Crippen LogP contribution in [0.2, 0.25) is 0 Å². The molecule has 0 aliphatic rings. The molecule has 1 aromatic heterocycles. The van der Waals surface area contributed by atoms with Crippen LogP contribution >= 0.6 is 0 Å². The molecule has 1 nitrogen and oxygen atoms in total. The Hall–Kier alpha value is -4.36. The Morgan fingerprint density at radius 1 is 0.455 bits per heavy atom. The summed E-state index contributed by atoms with van der Waals surface area (Å²) in [4.78, 5) is 0. The summed E-state index contributed by atoms with van der Waals surface area (Å²) < 4.78 is 49.8. The first-order valence-corrected chi connectivity index (χ1v) is 10.9. The Balaban J connectivity index is 1.74. The summed E-state index contributed by atoms with van der Waals surface area (Å²) in [6.07, 6.45) is 0. The highest BCUT2D eigenvalue weighted by atomic mass is 16.3. The average Bonchev–Trinajstić information content (AvgIpc) is 3.33. The first-order valence-electron chi connectivity index (χ1n) is 13.4. The molecular formula is C32H20O. The van der Waals surface area contributed by atoms with Gasteiger partial charge in [0.25, 0.3) is 0 Å². The van der Waals surface area contributed by atoms with Crippen molar-refractivity contribution in [1.82, 2.24) is 0 Å². The molecule has 0 fully saturated rings. The highest BCUT2D eigenvalue weighted by Crippen LogP contribution is 2.44. The minimum Gasteiger partial charge on any atom is -0.456 e. The molecule has 0 radical (unpaired) electrons. The number of hydrogen-bond acceptors (Lipinski definition) is 1. The van der Waals surface area contributed by atoms with Crippen LogP contribution in [0.5, 0.6) is 0 Å². The number of benzene rings is 6. The lowest BCUT2D eigenvalue weighted by molar-refractivity contribution is 0.669. The zero-order valence-corrected chi connectivity index (χ0v) is 17.6. The standard InChI is InChI=1S/C32H20O/c1-2-10-21(11-3-1)31-24-13-4-6-15-26(24)32(27-16-7-5-14-25(27)31)22-18-19-30-28(20-22)23-12-8-9-17-29(23)33-30/h1-20H/i4D,6D,13D,15D,19D. The minimum absolute atomic E-state index is 0.0761. The molecule has 154 valence electrons. The lowest BCUT2D eigenvalue weighted by Gasteiger charge is -2.17. The maximum atomic E-state index is 9.01. The van der Waals surface area contributed by atoms with Gasteiger partial charge in [-0.2, -0.15) is 0 Å². The second kappa shape index (κ2) is 7.08. The van der Waals surface area contributed by atoms with Crippen molar-refractivity contribution in [3.8, 4) is 22.3 Å². The molecule has 1 heteroatoms. The van der Waals surface area contributed by atoms with E-state index in [4.69, 9.17) is 11.3 Å². The average molecular weight is 426 g/mol. The summed E-state index contributed by atoms with van der Waals surface area (Å²) in [5.41, 5.74) is 4.23. The molecule has 0 aliphatic heterocycles. The zero-order chi connectivity index (χ0) is 26.1. The molecule has 0 aliphatic carbocycles. The van der Waals surface area contributed by atoms with Crippen LogP contribution in [0.15, 0.2) is 126 Å². The first kappa shape index (κ1) is 13.9. The molecule has 0 bridgehead atoms. The fourth-order valence-corrected chi connectivity index (χ4v) is 4.88. The van der Waals surface area contributed by atoms with Crippen molar-refractivity contribution in [2.24, 2.45) is 0 Å². The van der Waals surface area contributed by atoms with Gasteiger partial charge in [-0.05, 0) is 62.0 Å². The van der Waals surface area contributed by atoms with Crippen LogP contribution in [-0.2, 0) is 0 Å². The topological polar surface area (TPSA) is 13.1 Å². The van der Waals surface area contributed by atoms with Crippen molar-refractivity contribution in [1.29, 1.82) is 0 Å². The van der Waals surface area contributed by atoms with Crippen LogP contribution < -0.4 is 0 Å². The van der Waals surface area contributed by atoms with Crippen molar-refractivity contribution in [3.63, 3.8) is 0 Å². The molecule has 0 atom stereocenters. The van der Waals surface area contributed by atoms with Gasteiger partial charge in [-0.1, -0.05) is 103 Å². The Morgan fingerprint density at radius 2 is 1.06 bits per heavy atom. The monoisotopic (exact) mass is 425 g/mol. The fraction of sp³-hybridized carbons (Fsp3) is 0.